The van der Waals surface area contributed by atoms with Gasteiger partial charge in [-0.15, -0.1) is 17.9 Å². The first-order chi connectivity index (χ1) is 12.0. The molecule has 0 radical (unpaired) electrons. The van der Waals surface area contributed by atoms with Crippen molar-refractivity contribution in [2.45, 2.75) is 71.7 Å². The predicted octanol–water partition coefficient (Wildman–Crippen LogP) is 6.13. The van der Waals surface area contributed by atoms with Crippen molar-refractivity contribution in [3.63, 3.8) is 0 Å². The normalized spacial score (nSPS) is 15.2. The number of hydrogen-bond donors (Lipinski definition) is 1. The van der Waals surface area contributed by atoms with Crippen LogP contribution in [-0.2, 0) is 4.43 Å². The van der Waals surface area contributed by atoms with E-state index >= 15 is 0 Å². The predicted molar refractivity (Wildman–Crippen MR) is 117 cm³/mol. The van der Waals surface area contributed by atoms with Gasteiger partial charge >= 0.3 is 0 Å². The maximum absolute atomic E-state index is 9.54. The van der Waals surface area contributed by atoms with Crippen LogP contribution in [-0.4, -0.2) is 31.1 Å². The number of nitrogens with zero attached hydrogens (tertiary/aromatic N) is 1. The van der Waals surface area contributed by atoms with Crippen LogP contribution in [0, 0.1) is 6.92 Å². The average molecular weight is 394 g/mol. The van der Waals surface area contributed by atoms with Gasteiger partial charge in [-0.25, -0.2) is 4.98 Å². The smallest absolute Gasteiger partial charge is 0.192 e. The van der Waals surface area contributed by atoms with E-state index in [0.29, 0.717) is 6.42 Å². The topological polar surface area (TPSA) is 42.4 Å². The van der Waals surface area contributed by atoms with E-state index in [4.69, 9.17) is 4.43 Å². The van der Waals surface area contributed by atoms with E-state index in [2.05, 4.69) is 69.9 Å². The molecule has 0 bridgehead atoms. The summed E-state index contributed by atoms with van der Waals surface area (Å²) in [5.41, 5.74) is 3.15. The van der Waals surface area contributed by atoms with Crippen LogP contribution in [0.1, 0.15) is 51.2 Å². The lowest BCUT2D eigenvalue weighted by Crippen LogP contribution is -2.44. The number of rotatable bonds is 9. The van der Waals surface area contributed by atoms with E-state index < -0.39 is 8.32 Å². The van der Waals surface area contributed by atoms with E-state index in [0.717, 1.165) is 22.7 Å². The van der Waals surface area contributed by atoms with Gasteiger partial charge in [0.25, 0.3) is 0 Å². The number of aryl methyl sites for hydroxylation is 1. The van der Waals surface area contributed by atoms with Crippen molar-refractivity contribution in [3.8, 4) is 0 Å². The van der Waals surface area contributed by atoms with Gasteiger partial charge in [0, 0.05) is 5.38 Å². The number of aliphatic hydroxyl groups is 1. The summed E-state index contributed by atoms with van der Waals surface area (Å²) in [6, 6.07) is 0. The lowest BCUT2D eigenvalue weighted by molar-refractivity contribution is 0.217. The van der Waals surface area contributed by atoms with Gasteiger partial charge in [-0.05, 0) is 62.0 Å². The van der Waals surface area contributed by atoms with Gasteiger partial charge in [0.2, 0.25) is 0 Å². The van der Waals surface area contributed by atoms with E-state index in [1.807, 2.05) is 13.0 Å². The van der Waals surface area contributed by atoms with Gasteiger partial charge in [-0.2, -0.15) is 0 Å². The Morgan fingerprint density at radius 1 is 1.42 bits per heavy atom. The number of hydrogen-bond acceptors (Lipinski definition) is 4. The number of aliphatic hydroxyl groups excluding tert-OH is 1. The third-order valence-electron chi connectivity index (χ3n) is 4.99. The quantitative estimate of drug-likeness (QED) is 0.405. The highest BCUT2D eigenvalue weighted by Gasteiger charge is 2.39. The maximum atomic E-state index is 9.54. The molecule has 1 heterocycles. The Kier molecular flexibility index (Phi) is 8.67. The summed E-state index contributed by atoms with van der Waals surface area (Å²) in [5, 5.41) is 12.8. The summed E-state index contributed by atoms with van der Waals surface area (Å²) in [7, 11) is -1.91. The second kappa shape index (κ2) is 9.79. The van der Waals surface area contributed by atoms with Gasteiger partial charge in [0.1, 0.15) is 0 Å². The highest BCUT2D eigenvalue weighted by Crippen LogP contribution is 2.38. The van der Waals surface area contributed by atoms with Gasteiger partial charge in [0.05, 0.1) is 23.4 Å². The Balaban J connectivity index is 3.11. The second-order valence-corrected chi connectivity index (χ2v) is 14.1. The van der Waals surface area contributed by atoms with Gasteiger partial charge in [-0.3, -0.25) is 0 Å². The third kappa shape index (κ3) is 6.95. The van der Waals surface area contributed by atoms with Crippen LogP contribution >= 0.6 is 11.3 Å². The lowest BCUT2D eigenvalue weighted by Gasteiger charge is -2.39. The summed E-state index contributed by atoms with van der Waals surface area (Å²) in [4.78, 5) is 4.55. The molecule has 0 saturated heterocycles. The molecule has 0 amide bonds. The summed E-state index contributed by atoms with van der Waals surface area (Å²) >= 11 is 1.66. The number of thiazole rings is 1. The van der Waals surface area contributed by atoms with Gasteiger partial charge in [0.15, 0.2) is 8.32 Å². The molecule has 0 aromatic carbocycles. The van der Waals surface area contributed by atoms with Crippen molar-refractivity contribution in [3.05, 3.63) is 46.0 Å². The SMILES string of the molecule is C=CC/C(=C\C[C@H](O[Si](C)(C)C(C)(C)C)/C(C)=C/c1csc(C)n1)CO. The highest BCUT2D eigenvalue weighted by molar-refractivity contribution is 7.09. The molecule has 1 aromatic rings. The molecule has 146 valence electrons. The Bertz CT molecular complexity index is 653. The van der Waals surface area contributed by atoms with E-state index in [9.17, 15) is 5.11 Å². The molecule has 1 N–H and O–H groups in total. The van der Waals surface area contributed by atoms with Crippen molar-refractivity contribution in [1.82, 2.24) is 4.98 Å². The van der Waals surface area contributed by atoms with Crippen LogP contribution in [0.3, 0.4) is 0 Å². The Morgan fingerprint density at radius 3 is 2.54 bits per heavy atom. The molecule has 0 aliphatic rings. The zero-order valence-corrected chi connectivity index (χ0v) is 19.2. The fourth-order valence-electron chi connectivity index (χ4n) is 2.30. The van der Waals surface area contributed by atoms with Gasteiger partial charge in [-0.1, -0.05) is 32.9 Å². The summed E-state index contributed by atoms with van der Waals surface area (Å²) in [6.07, 6.45) is 7.50. The van der Waals surface area contributed by atoms with Crippen LogP contribution in [0.2, 0.25) is 18.1 Å². The monoisotopic (exact) mass is 393 g/mol. The Hall–Kier alpha value is -1.01. The van der Waals surface area contributed by atoms with Crippen molar-refractivity contribution in [2.75, 3.05) is 6.61 Å². The largest absolute Gasteiger partial charge is 0.410 e. The molecule has 5 heteroatoms. The Labute approximate surface area is 164 Å². The number of allylic oxidation sites excluding steroid dienone is 1. The average Bonchev–Trinajstić information content (AvgIpc) is 2.93. The molecule has 1 atom stereocenters. The molecular weight excluding hydrogens is 358 g/mol. The van der Waals surface area contributed by atoms with Crippen molar-refractivity contribution in [1.29, 1.82) is 0 Å². The second-order valence-electron chi connectivity index (χ2n) is 8.30. The first-order valence-corrected chi connectivity index (χ1v) is 13.0. The minimum Gasteiger partial charge on any atom is -0.410 e. The summed E-state index contributed by atoms with van der Waals surface area (Å²) in [6.45, 7) is 19.3. The maximum Gasteiger partial charge on any atom is 0.192 e. The molecule has 1 rings (SSSR count). The van der Waals surface area contributed by atoms with Crippen LogP contribution in [0.25, 0.3) is 6.08 Å². The Morgan fingerprint density at radius 2 is 2.08 bits per heavy atom. The minimum absolute atomic E-state index is 0.00994. The van der Waals surface area contributed by atoms with Crippen molar-refractivity contribution in [2.24, 2.45) is 0 Å². The molecule has 0 unspecified atom stereocenters. The lowest BCUT2D eigenvalue weighted by atomic mass is 10.0. The minimum atomic E-state index is -1.91. The standard InChI is InChI=1S/C21H35NO2SSi/c1-9-10-18(14-23)11-12-20(24-26(7,8)21(4,5)6)16(2)13-19-15-25-17(3)22-19/h9,11,13,15,20,23H,1,10,12,14H2,2-8H3/b16-13+,18-11+/t20-/m0/s1. The van der Waals surface area contributed by atoms with E-state index in [-0.39, 0.29) is 17.7 Å². The number of aromatic nitrogens is 1. The summed E-state index contributed by atoms with van der Waals surface area (Å²) in [5.74, 6) is 0. The van der Waals surface area contributed by atoms with E-state index in [1.54, 1.807) is 11.3 Å². The molecular formula is C21H35NO2SSi. The molecule has 0 aliphatic heterocycles. The molecule has 1 aromatic heterocycles. The highest BCUT2D eigenvalue weighted by atomic mass is 32.1. The molecule has 0 spiro atoms. The fourth-order valence-corrected chi connectivity index (χ4v) is 4.22. The third-order valence-corrected chi connectivity index (χ3v) is 10.3. The summed E-state index contributed by atoms with van der Waals surface area (Å²) < 4.78 is 6.71. The zero-order valence-electron chi connectivity index (χ0n) is 17.4. The molecule has 3 nitrogen and oxygen atoms in total. The zero-order chi connectivity index (χ0) is 20.0. The molecule has 0 saturated carbocycles. The van der Waals surface area contributed by atoms with Gasteiger partial charge < -0.3 is 9.53 Å². The first-order valence-electron chi connectivity index (χ1n) is 9.18. The van der Waals surface area contributed by atoms with E-state index in [1.165, 1.54) is 5.57 Å². The van der Waals surface area contributed by atoms with Crippen LogP contribution in [0.4, 0.5) is 0 Å². The van der Waals surface area contributed by atoms with Crippen molar-refractivity contribution < 1.29 is 9.53 Å². The van der Waals surface area contributed by atoms with Crippen LogP contribution in [0.5, 0.6) is 0 Å². The van der Waals surface area contributed by atoms with Crippen LogP contribution < -0.4 is 0 Å². The van der Waals surface area contributed by atoms with Crippen molar-refractivity contribution >= 4 is 25.7 Å². The van der Waals surface area contributed by atoms with Crippen LogP contribution in [0.15, 0.2) is 35.3 Å². The molecule has 26 heavy (non-hydrogen) atoms. The molecule has 0 aliphatic carbocycles. The first kappa shape index (κ1) is 23.0. The molecule has 0 fully saturated rings. The fraction of sp³-hybridized carbons (Fsp3) is 0.571.